The van der Waals surface area contributed by atoms with Gasteiger partial charge in [0.1, 0.15) is 64.6 Å². The van der Waals surface area contributed by atoms with Crippen LogP contribution in [-0.4, -0.2) is 144 Å². The first-order valence-electron chi connectivity index (χ1n) is 23.1. The van der Waals surface area contributed by atoms with E-state index in [0.29, 0.717) is 35.5 Å². The Morgan fingerprint density at radius 2 is 1.08 bits per heavy atom. The van der Waals surface area contributed by atoms with Crippen LogP contribution in [0.5, 0.6) is 23.0 Å². The highest BCUT2D eigenvalue weighted by molar-refractivity contribution is 7.35. The molecule has 0 spiro atoms. The number of fused-ring (bicyclic) bond motifs is 4. The van der Waals surface area contributed by atoms with E-state index in [-0.39, 0.29) is 36.2 Å². The molecule has 4 heterocycles. The van der Waals surface area contributed by atoms with Gasteiger partial charge in [-0.3, -0.25) is 4.79 Å². The summed E-state index contributed by atoms with van der Waals surface area (Å²) < 4.78 is 97.2. The third-order valence-corrected chi connectivity index (χ3v) is 11.5. The van der Waals surface area contributed by atoms with Gasteiger partial charge in [-0.1, -0.05) is 30.4 Å². The maximum atomic E-state index is 15.4. The van der Waals surface area contributed by atoms with E-state index < -0.39 is 83.4 Å². The summed E-state index contributed by atoms with van der Waals surface area (Å²) in [4.78, 5) is 39.2. The minimum atomic E-state index is -2.13. The number of cyclic esters (lactones) is 2. The molecule has 0 bridgehead atoms. The molecule has 2 saturated heterocycles. The van der Waals surface area contributed by atoms with Crippen LogP contribution in [-0.2, 0) is 42.7 Å². The van der Waals surface area contributed by atoms with Crippen LogP contribution in [0.1, 0.15) is 100 Å². The van der Waals surface area contributed by atoms with Crippen molar-refractivity contribution in [2.24, 2.45) is 0 Å². The summed E-state index contributed by atoms with van der Waals surface area (Å²) in [6.45, 7) is 16.3. The number of ketones is 1. The summed E-state index contributed by atoms with van der Waals surface area (Å²) in [5.74, 6) is -2.66. The number of carbonyl (C=O) groups is 3. The molecule has 394 valence electrons. The van der Waals surface area contributed by atoms with E-state index in [2.05, 4.69) is 13.3 Å². The number of ether oxygens (including phenoxy) is 12. The van der Waals surface area contributed by atoms with Crippen LogP contribution in [0.15, 0.2) is 60.7 Å². The predicted molar refractivity (Wildman–Crippen MR) is 264 cm³/mol. The molecule has 0 saturated carbocycles. The highest BCUT2D eigenvalue weighted by atomic mass is 31.1. The standard InChI is InChI=1S/C25H33FO8.C25H31FO8.C2H7P/c2*1-15-25(4,26)11-10-18(27)22-19(33-24(2,3)34-22)9-7-8-16-12-17(30-6)13-20(31-14-29-5)21(16)23(28)32-15;1-3-2/h7-8,10-13,15,18-19,22,27H,9,14H2,1-6H3;7-8,10-13,15,19,22H,9,14H2,1-6H3;3H,1-2H3/b2*8-7+,11-10-;/t15?,18?,19-,22?,25?;15?,19-,22?,25?;/m00./s1. The lowest BCUT2D eigenvalue weighted by Gasteiger charge is -2.26. The highest BCUT2D eigenvalue weighted by Gasteiger charge is 2.46. The Bertz CT molecular complexity index is 2260. The topological polar surface area (TPSA) is 182 Å². The van der Waals surface area contributed by atoms with Crippen molar-refractivity contribution in [1.82, 2.24) is 0 Å². The number of alkyl halides is 2. The lowest BCUT2D eigenvalue weighted by molar-refractivity contribution is -0.152. The quantitative estimate of drug-likeness (QED) is 0.115. The van der Waals surface area contributed by atoms with Gasteiger partial charge in [0.05, 0.1) is 26.4 Å². The third kappa shape index (κ3) is 16.1. The number of aliphatic hydroxyl groups is 1. The van der Waals surface area contributed by atoms with Gasteiger partial charge in [-0.2, -0.15) is 0 Å². The van der Waals surface area contributed by atoms with E-state index >= 15 is 8.78 Å². The Hall–Kier alpha value is -4.78. The van der Waals surface area contributed by atoms with Gasteiger partial charge in [0.15, 0.2) is 42.3 Å². The van der Waals surface area contributed by atoms with Gasteiger partial charge < -0.3 is 61.9 Å². The van der Waals surface area contributed by atoms with E-state index in [9.17, 15) is 19.5 Å². The molecular weight excluding hydrogens is 950 g/mol. The van der Waals surface area contributed by atoms with Crippen molar-refractivity contribution in [2.75, 3.05) is 55.4 Å². The molecule has 2 fully saturated rings. The van der Waals surface area contributed by atoms with Gasteiger partial charge in [0.2, 0.25) is 0 Å². The van der Waals surface area contributed by atoms with Gasteiger partial charge in [0, 0.05) is 26.4 Å². The number of rotatable bonds is 8. The molecule has 4 aliphatic rings. The fourth-order valence-corrected chi connectivity index (χ4v) is 7.55. The second kappa shape index (κ2) is 25.7. The number of methoxy groups -OCH3 is 4. The smallest absolute Gasteiger partial charge is 0.342 e. The average Bonchev–Trinajstić information content (AvgIpc) is 3.80. The first kappa shape index (κ1) is 58.8. The molecule has 0 amide bonds. The average molecular weight is 1020 g/mol. The molecule has 71 heavy (non-hydrogen) atoms. The van der Waals surface area contributed by atoms with Crippen LogP contribution in [0.25, 0.3) is 12.2 Å². The van der Waals surface area contributed by atoms with E-state index in [0.717, 1.165) is 20.7 Å². The first-order valence-corrected chi connectivity index (χ1v) is 25.1. The molecule has 7 unspecified atom stereocenters. The second-order valence-corrected chi connectivity index (χ2v) is 19.3. The Labute approximate surface area is 417 Å². The first-order chi connectivity index (χ1) is 33.4. The molecule has 6 rings (SSSR count). The summed E-state index contributed by atoms with van der Waals surface area (Å²) in [5, 5.41) is 10.7. The van der Waals surface area contributed by atoms with Crippen molar-refractivity contribution in [3.8, 4) is 23.0 Å². The third-order valence-electron chi connectivity index (χ3n) is 11.5. The van der Waals surface area contributed by atoms with Crippen molar-refractivity contribution < 1.29 is 85.1 Å². The van der Waals surface area contributed by atoms with Crippen LogP contribution in [0, 0.1) is 0 Å². The van der Waals surface area contributed by atoms with E-state index in [4.69, 9.17) is 56.8 Å². The lowest BCUT2D eigenvalue weighted by atomic mass is 9.97. The fourth-order valence-electron chi connectivity index (χ4n) is 7.55. The monoisotopic (exact) mass is 1020 g/mol. The Morgan fingerprint density at radius 3 is 1.55 bits per heavy atom. The zero-order valence-electron chi connectivity index (χ0n) is 43.1. The van der Waals surface area contributed by atoms with Crippen LogP contribution in [0.3, 0.4) is 0 Å². The van der Waals surface area contributed by atoms with E-state index in [1.165, 1.54) is 80.4 Å². The zero-order chi connectivity index (χ0) is 52.9. The summed E-state index contributed by atoms with van der Waals surface area (Å²) >= 11 is 0. The van der Waals surface area contributed by atoms with Crippen molar-refractivity contribution in [1.29, 1.82) is 0 Å². The summed E-state index contributed by atoms with van der Waals surface area (Å²) in [5.41, 5.74) is -3.12. The summed E-state index contributed by atoms with van der Waals surface area (Å²) in [6.07, 6.45) is 6.09. The lowest BCUT2D eigenvalue weighted by Crippen LogP contribution is -2.37. The molecule has 1 N–H and O–H groups in total. The molecule has 2 aromatic carbocycles. The molecule has 19 heteroatoms. The van der Waals surface area contributed by atoms with Gasteiger partial charge >= 0.3 is 11.9 Å². The molecule has 0 radical (unpaired) electrons. The SMILES string of the molecule is COCOc1cc(OC)cc2c1C(=O)OC(C)C(C)(F)/C=C\C(=O)C1OC(C)(C)O[C@H]1C/C=C/2.COCOc1cc(OC)cc2c1C(=O)OC(C)C(C)(F)/C=C\C(O)C1OC(C)(C)O[C@H]1C/C=C/2.CPC. The normalized spacial score (nSPS) is 30.9. The number of hydrogen-bond donors (Lipinski definition) is 1. The molecule has 0 aromatic heterocycles. The molecule has 4 aliphatic heterocycles. The van der Waals surface area contributed by atoms with Crippen molar-refractivity contribution in [3.63, 3.8) is 0 Å². The number of hydrogen-bond acceptors (Lipinski definition) is 16. The number of esters is 2. The minimum absolute atomic E-state index is 0.0920. The number of carbonyl (C=O) groups excluding carboxylic acids is 3. The van der Waals surface area contributed by atoms with Crippen LogP contribution in [0.4, 0.5) is 8.78 Å². The van der Waals surface area contributed by atoms with Gasteiger partial charge in [-0.05, 0) is 123 Å². The van der Waals surface area contributed by atoms with Crippen molar-refractivity contribution in [3.05, 3.63) is 83.0 Å². The zero-order valence-corrected chi connectivity index (χ0v) is 44.1. The van der Waals surface area contributed by atoms with Gasteiger partial charge in [0.25, 0.3) is 0 Å². The molecule has 2 aromatic rings. The number of aliphatic hydroxyl groups excluding tert-OH is 1. The minimum Gasteiger partial charge on any atom is -0.497 e. The Balaban J connectivity index is 0.000000292. The van der Waals surface area contributed by atoms with Crippen LogP contribution in [0.2, 0.25) is 0 Å². The van der Waals surface area contributed by atoms with Crippen molar-refractivity contribution >= 4 is 38.5 Å². The largest absolute Gasteiger partial charge is 0.497 e. The summed E-state index contributed by atoms with van der Waals surface area (Å²) in [6, 6.07) is 6.36. The van der Waals surface area contributed by atoms with Crippen molar-refractivity contribution in [2.45, 2.75) is 134 Å². The molecule has 9 atom stereocenters. The molecular formula is C52H71F2O16P. The van der Waals surface area contributed by atoms with Gasteiger partial charge in [-0.25, -0.2) is 18.4 Å². The number of benzene rings is 2. The highest BCUT2D eigenvalue weighted by Crippen LogP contribution is 2.38. The number of halogens is 2. The summed E-state index contributed by atoms with van der Waals surface area (Å²) in [7, 11) is 6.96. The predicted octanol–water partition coefficient (Wildman–Crippen LogP) is 8.74. The van der Waals surface area contributed by atoms with Gasteiger partial charge in [-0.15, -0.1) is 8.58 Å². The maximum Gasteiger partial charge on any atom is 0.342 e. The van der Waals surface area contributed by atoms with Crippen LogP contribution < -0.4 is 18.9 Å². The van der Waals surface area contributed by atoms with E-state index in [1.54, 1.807) is 64.1 Å². The molecule has 16 nitrogen and oxygen atoms in total. The second-order valence-electron chi connectivity index (χ2n) is 18.3. The maximum absolute atomic E-state index is 15.4. The van der Waals surface area contributed by atoms with Crippen LogP contribution >= 0.6 is 8.58 Å². The van der Waals surface area contributed by atoms with E-state index in [1.807, 2.05) is 0 Å². The molecule has 0 aliphatic carbocycles. The Kier molecular flexibility index (Phi) is 21.3. The fraction of sp³-hybridized carbons (Fsp3) is 0.558. The Morgan fingerprint density at radius 1 is 0.648 bits per heavy atom.